The molecule has 19 heavy (non-hydrogen) atoms. The van der Waals surface area contributed by atoms with Crippen LogP contribution in [-0.2, 0) is 11.2 Å². The quantitative estimate of drug-likeness (QED) is 0.786. The van der Waals surface area contributed by atoms with Crippen molar-refractivity contribution in [2.24, 2.45) is 0 Å². The molecule has 0 aliphatic rings. The van der Waals surface area contributed by atoms with E-state index in [0.717, 1.165) is 22.0 Å². The van der Waals surface area contributed by atoms with Gasteiger partial charge in [0.2, 0.25) is 5.91 Å². The van der Waals surface area contributed by atoms with Gasteiger partial charge in [0.15, 0.2) is 0 Å². The van der Waals surface area contributed by atoms with Crippen LogP contribution in [-0.4, -0.2) is 28.1 Å². The van der Waals surface area contributed by atoms with Crippen molar-refractivity contribution < 1.29 is 9.90 Å². The van der Waals surface area contributed by atoms with Crippen molar-refractivity contribution in [3.63, 3.8) is 0 Å². The summed E-state index contributed by atoms with van der Waals surface area (Å²) in [6.07, 6.45) is 2.19. The Hall–Kier alpha value is -1.81. The number of hydrogen-bond acceptors (Lipinski definition) is 2. The van der Waals surface area contributed by atoms with Crippen molar-refractivity contribution in [3.05, 3.63) is 35.5 Å². The van der Waals surface area contributed by atoms with Crippen LogP contribution in [0.1, 0.15) is 25.0 Å². The average molecular weight is 260 g/mol. The molecule has 0 unspecified atom stereocenters. The Morgan fingerprint density at radius 3 is 2.84 bits per heavy atom. The van der Waals surface area contributed by atoms with E-state index in [1.54, 1.807) is 13.8 Å². The molecule has 0 saturated carbocycles. The van der Waals surface area contributed by atoms with E-state index in [0.29, 0.717) is 6.42 Å². The number of nitrogens with one attached hydrogen (secondary N) is 2. The van der Waals surface area contributed by atoms with Crippen molar-refractivity contribution in [3.8, 4) is 0 Å². The molecule has 0 bridgehead atoms. The van der Waals surface area contributed by atoms with Gasteiger partial charge in [0, 0.05) is 17.1 Å². The van der Waals surface area contributed by atoms with Crippen LogP contribution in [0.5, 0.6) is 0 Å². The van der Waals surface area contributed by atoms with Crippen LogP contribution >= 0.6 is 0 Å². The third kappa shape index (κ3) is 2.96. The third-order valence-electron chi connectivity index (χ3n) is 3.22. The zero-order chi connectivity index (χ0) is 14.0. The zero-order valence-corrected chi connectivity index (χ0v) is 11.6. The zero-order valence-electron chi connectivity index (χ0n) is 11.6. The second kappa shape index (κ2) is 5.05. The van der Waals surface area contributed by atoms with Gasteiger partial charge in [0.05, 0.1) is 18.6 Å². The van der Waals surface area contributed by atoms with E-state index in [1.807, 2.05) is 31.3 Å². The number of aromatic nitrogens is 1. The highest BCUT2D eigenvalue weighted by molar-refractivity contribution is 5.91. The van der Waals surface area contributed by atoms with Gasteiger partial charge in [-0.05, 0) is 38.0 Å². The molecular weight excluding hydrogens is 240 g/mol. The van der Waals surface area contributed by atoms with Crippen molar-refractivity contribution in [1.29, 1.82) is 0 Å². The molecule has 1 aromatic carbocycles. The van der Waals surface area contributed by atoms with Gasteiger partial charge in [-0.3, -0.25) is 4.79 Å². The number of aryl methyl sites for hydroxylation is 1. The van der Waals surface area contributed by atoms with Crippen LogP contribution in [0, 0.1) is 6.92 Å². The number of aromatic amines is 1. The lowest BCUT2D eigenvalue weighted by Gasteiger charge is -2.23. The van der Waals surface area contributed by atoms with Crippen LogP contribution < -0.4 is 5.32 Å². The smallest absolute Gasteiger partial charge is 0.224 e. The maximum atomic E-state index is 12.0. The summed E-state index contributed by atoms with van der Waals surface area (Å²) in [6, 6.07) is 6.03. The lowest BCUT2D eigenvalue weighted by molar-refractivity contribution is -0.122. The molecule has 0 aliphatic carbocycles. The first-order valence-corrected chi connectivity index (χ1v) is 6.40. The lowest BCUT2D eigenvalue weighted by Crippen LogP contribution is -2.46. The van der Waals surface area contributed by atoms with Crippen molar-refractivity contribution in [2.75, 3.05) is 6.61 Å². The fourth-order valence-corrected chi connectivity index (χ4v) is 2.22. The molecule has 1 amide bonds. The normalized spacial score (nSPS) is 11.8. The summed E-state index contributed by atoms with van der Waals surface area (Å²) in [4.78, 5) is 15.2. The van der Waals surface area contributed by atoms with E-state index in [-0.39, 0.29) is 12.5 Å². The molecule has 2 rings (SSSR count). The number of amides is 1. The number of carbonyl (C=O) groups is 1. The van der Waals surface area contributed by atoms with Gasteiger partial charge in [-0.2, -0.15) is 0 Å². The summed E-state index contributed by atoms with van der Waals surface area (Å²) < 4.78 is 0. The predicted octanol–water partition coefficient (Wildman–Crippen LogP) is 1.91. The van der Waals surface area contributed by atoms with E-state index in [2.05, 4.69) is 10.3 Å². The van der Waals surface area contributed by atoms with E-state index in [1.165, 1.54) is 0 Å². The highest BCUT2D eigenvalue weighted by Crippen LogP contribution is 2.22. The Bertz CT molecular complexity index is 599. The predicted molar refractivity (Wildman–Crippen MR) is 76.0 cm³/mol. The minimum atomic E-state index is -0.585. The number of H-pyrrole nitrogens is 1. The van der Waals surface area contributed by atoms with Crippen molar-refractivity contribution >= 4 is 16.8 Å². The van der Waals surface area contributed by atoms with Crippen LogP contribution in [0.2, 0.25) is 0 Å². The van der Waals surface area contributed by atoms with Gasteiger partial charge >= 0.3 is 0 Å². The molecule has 0 fully saturated rings. The number of hydrogen-bond donors (Lipinski definition) is 3. The molecular formula is C15H20N2O2. The number of carbonyl (C=O) groups excluding carboxylic acids is 1. The summed E-state index contributed by atoms with van der Waals surface area (Å²) in [5.41, 5.74) is 2.60. The molecule has 2 aromatic rings. The fraction of sp³-hybridized carbons (Fsp3) is 0.400. The minimum absolute atomic E-state index is 0.0777. The first-order chi connectivity index (χ1) is 8.93. The van der Waals surface area contributed by atoms with E-state index in [9.17, 15) is 4.79 Å². The molecule has 4 nitrogen and oxygen atoms in total. The van der Waals surface area contributed by atoms with E-state index < -0.39 is 5.54 Å². The largest absolute Gasteiger partial charge is 0.394 e. The number of benzene rings is 1. The first-order valence-electron chi connectivity index (χ1n) is 6.40. The Balaban J connectivity index is 2.20. The Morgan fingerprint density at radius 1 is 1.42 bits per heavy atom. The average Bonchev–Trinajstić information content (AvgIpc) is 2.73. The first kappa shape index (κ1) is 13.6. The van der Waals surface area contributed by atoms with Crippen LogP contribution in [0.25, 0.3) is 10.9 Å². The molecule has 3 N–H and O–H groups in total. The number of fused-ring (bicyclic) bond motifs is 1. The fourth-order valence-electron chi connectivity index (χ4n) is 2.22. The topological polar surface area (TPSA) is 65.1 Å². The summed E-state index contributed by atoms with van der Waals surface area (Å²) >= 11 is 0. The van der Waals surface area contributed by atoms with Crippen molar-refractivity contribution in [1.82, 2.24) is 10.3 Å². The summed E-state index contributed by atoms with van der Waals surface area (Å²) in [5.74, 6) is -0.0804. The molecule has 0 spiro atoms. The Morgan fingerprint density at radius 2 is 2.16 bits per heavy atom. The standard InChI is InChI=1S/C15H20N2O2/c1-10-5-4-6-12-14(10)11(8-16-12)7-13(19)17-15(2,3)9-18/h4-6,8,16,18H,7,9H2,1-3H3,(H,17,19). The van der Waals surface area contributed by atoms with E-state index >= 15 is 0 Å². The van der Waals surface area contributed by atoms with Gasteiger partial charge in [-0.25, -0.2) is 0 Å². The maximum absolute atomic E-state index is 12.0. The lowest BCUT2D eigenvalue weighted by atomic mass is 10.0. The molecule has 0 saturated heterocycles. The monoisotopic (exact) mass is 260 g/mol. The molecule has 1 heterocycles. The third-order valence-corrected chi connectivity index (χ3v) is 3.22. The summed E-state index contributed by atoms with van der Waals surface area (Å²) in [6.45, 7) is 5.55. The molecule has 0 radical (unpaired) electrons. The van der Waals surface area contributed by atoms with Crippen LogP contribution in [0.15, 0.2) is 24.4 Å². The number of aliphatic hydroxyl groups is 1. The van der Waals surface area contributed by atoms with Crippen LogP contribution in [0.4, 0.5) is 0 Å². The van der Waals surface area contributed by atoms with Gasteiger partial charge in [0.25, 0.3) is 0 Å². The van der Waals surface area contributed by atoms with Crippen molar-refractivity contribution in [2.45, 2.75) is 32.7 Å². The van der Waals surface area contributed by atoms with Gasteiger partial charge in [-0.1, -0.05) is 12.1 Å². The van der Waals surface area contributed by atoms with Gasteiger partial charge < -0.3 is 15.4 Å². The van der Waals surface area contributed by atoms with E-state index in [4.69, 9.17) is 5.11 Å². The molecule has 4 heteroatoms. The number of rotatable bonds is 4. The SMILES string of the molecule is Cc1cccc2[nH]cc(CC(=O)NC(C)(C)CO)c12. The summed E-state index contributed by atoms with van der Waals surface area (Å²) in [5, 5.41) is 13.1. The molecule has 1 aromatic heterocycles. The Kier molecular flexibility index (Phi) is 3.62. The summed E-state index contributed by atoms with van der Waals surface area (Å²) in [7, 11) is 0. The molecule has 0 aliphatic heterocycles. The van der Waals surface area contributed by atoms with Gasteiger partial charge in [0.1, 0.15) is 0 Å². The minimum Gasteiger partial charge on any atom is -0.394 e. The second-order valence-electron chi connectivity index (χ2n) is 5.58. The highest BCUT2D eigenvalue weighted by Gasteiger charge is 2.20. The second-order valence-corrected chi connectivity index (χ2v) is 5.58. The molecule has 0 atom stereocenters. The molecule has 102 valence electrons. The Labute approximate surface area is 112 Å². The maximum Gasteiger partial charge on any atom is 0.224 e. The number of aliphatic hydroxyl groups excluding tert-OH is 1. The highest BCUT2D eigenvalue weighted by atomic mass is 16.3. The van der Waals surface area contributed by atoms with Crippen LogP contribution in [0.3, 0.4) is 0 Å². The van der Waals surface area contributed by atoms with Gasteiger partial charge in [-0.15, -0.1) is 0 Å².